The fourth-order valence-electron chi connectivity index (χ4n) is 3.62. The summed E-state index contributed by atoms with van der Waals surface area (Å²) < 4.78 is 19.2. The van der Waals surface area contributed by atoms with Crippen molar-refractivity contribution in [3.05, 3.63) is 77.6 Å². The molecule has 2 heterocycles. The zero-order valence-electron chi connectivity index (χ0n) is 16.9. The number of nitrogens with zero attached hydrogens (tertiary/aromatic N) is 3. The van der Waals surface area contributed by atoms with Gasteiger partial charge in [-0.3, -0.25) is 4.90 Å². The van der Waals surface area contributed by atoms with Crippen LogP contribution < -0.4 is 5.32 Å². The molecule has 4 rings (SSSR count). The lowest BCUT2D eigenvalue weighted by Crippen LogP contribution is -2.46. The molecule has 6 nitrogen and oxygen atoms in total. The number of hydrogen-bond acceptors (Lipinski definition) is 4. The highest BCUT2D eigenvalue weighted by Crippen LogP contribution is 2.37. The van der Waals surface area contributed by atoms with Crippen LogP contribution in [0.25, 0.3) is 17.0 Å². The van der Waals surface area contributed by atoms with E-state index in [0.717, 1.165) is 29.7 Å². The highest BCUT2D eigenvalue weighted by molar-refractivity contribution is 5.86. The number of hydrogen-bond donors (Lipinski definition) is 1. The summed E-state index contributed by atoms with van der Waals surface area (Å²) in [6.07, 6.45) is 1.85. The molecule has 0 saturated carbocycles. The Balaban J connectivity index is 1.79. The number of rotatable bonds is 6. The number of nitrogens with one attached hydrogen (secondary N) is 1. The topological polar surface area (TPSA) is 71.3 Å². The summed E-state index contributed by atoms with van der Waals surface area (Å²) in [5, 5.41) is 7.12. The van der Waals surface area contributed by atoms with Crippen LogP contribution in [-0.4, -0.2) is 27.6 Å². The van der Waals surface area contributed by atoms with Crippen LogP contribution in [0.1, 0.15) is 44.2 Å². The Morgan fingerprint density at radius 3 is 2.70 bits per heavy atom. The maximum absolute atomic E-state index is 13.6. The molecule has 1 atom stereocenters. The smallest absolute Gasteiger partial charge is 0.322 e. The van der Waals surface area contributed by atoms with Gasteiger partial charge in [-0.15, -0.1) is 0 Å². The van der Waals surface area contributed by atoms with Gasteiger partial charge in [0.25, 0.3) is 5.89 Å². The first-order valence-corrected chi connectivity index (χ1v) is 10.0. The Labute approximate surface area is 174 Å². The summed E-state index contributed by atoms with van der Waals surface area (Å²) in [5.74, 6) is 0.239. The first-order valence-electron chi connectivity index (χ1n) is 10.0. The number of benzene rings is 2. The van der Waals surface area contributed by atoms with E-state index in [9.17, 15) is 9.18 Å². The first kappa shape index (κ1) is 19.8. The van der Waals surface area contributed by atoms with E-state index in [1.165, 1.54) is 12.1 Å². The molecular weight excluding hydrogens is 383 g/mol. The van der Waals surface area contributed by atoms with Crippen molar-refractivity contribution in [2.45, 2.75) is 32.7 Å². The predicted octanol–water partition coefficient (Wildman–Crippen LogP) is 5.17. The number of halogens is 1. The molecule has 0 aliphatic carbocycles. The quantitative estimate of drug-likeness (QED) is 0.613. The Bertz CT molecular complexity index is 1080. The molecule has 0 saturated heterocycles. The summed E-state index contributed by atoms with van der Waals surface area (Å²) in [6.45, 7) is 4.58. The SMILES string of the molecule is CCCCN1C(=O)NC(c2ccccc2)C(c2nc(-c3cccc(F)c3)no2)=C1C. The van der Waals surface area contributed by atoms with Crippen LogP contribution in [0.3, 0.4) is 0 Å². The Morgan fingerprint density at radius 1 is 1.17 bits per heavy atom. The second kappa shape index (κ2) is 8.49. The summed E-state index contributed by atoms with van der Waals surface area (Å²) in [5.41, 5.74) is 2.96. The minimum Gasteiger partial charge on any atom is -0.334 e. The van der Waals surface area contributed by atoms with Crippen LogP contribution in [0.2, 0.25) is 0 Å². The van der Waals surface area contributed by atoms with Gasteiger partial charge in [0.05, 0.1) is 11.6 Å². The standard InChI is InChI=1S/C23H23FN4O2/c1-3-4-13-28-15(2)19(20(25-23(28)29)16-9-6-5-7-10-16)22-26-21(27-30-22)17-11-8-12-18(24)14-17/h5-12,14,20H,3-4,13H2,1-2H3,(H,25,29). The average molecular weight is 406 g/mol. The minimum absolute atomic E-state index is 0.150. The average Bonchev–Trinajstić information content (AvgIpc) is 3.23. The third-order valence-corrected chi connectivity index (χ3v) is 5.20. The van der Waals surface area contributed by atoms with E-state index in [1.54, 1.807) is 17.0 Å². The van der Waals surface area contributed by atoms with Gasteiger partial charge in [0, 0.05) is 17.8 Å². The second-order valence-electron chi connectivity index (χ2n) is 7.23. The molecule has 0 radical (unpaired) electrons. The largest absolute Gasteiger partial charge is 0.334 e. The van der Waals surface area contributed by atoms with Crippen molar-refractivity contribution in [2.24, 2.45) is 0 Å². The minimum atomic E-state index is -0.419. The predicted molar refractivity (Wildman–Crippen MR) is 112 cm³/mol. The van der Waals surface area contributed by atoms with Crippen molar-refractivity contribution < 1.29 is 13.7 Å². The fourth-order valence-corrected chi connectivity index (χ4v) is 3.62. The summed E-state index contributed by atoms with van der Waals surface area (Å²) >= 11 is 0. The van der Waals surface area contributed by atoms with Crippen molar-refractivity contribution in [1.82, 2.24) is 20.4 Å². The molecule has 0 bridgehead atoms. The lowest BCUT2D eigenvalue weighted by atomic mass is 9.94. The molecule has 0 fully saturated rings. The third kappa shape index (κ3) is 3.83. The van der Waals surface area contributed by atoms with Crippen LogP contribution in [0, 0.1) is 5.82 Å². The van der Waals surface area contributed by atoms with Gasteiger partial charge < -0.3 is 9.84 Å². The van der Waals surface area contributed by atoms with Gasteiger partial charge >= 0.3 is 6.03 Å². The van der Waals surface area contributed by atoms with Crippen LogP contribution >= 0.6 is 0 Å². The lowest BCUT2D eigenvalue weighted by molar-refractivity contribution is 0.204. The van der Waals surface area contributed by atoms with E-state index in [4.69, 9.17) is 4.52 Å². The molecule has 1 aromatic heterocycles. The van der Waals surface area contributed by atoms with Crippen molar-refractivity contribution in [3.8, 4) is 11.4 Å². The Morgan fingerprint density at radius 2 is 1.97 bits per heavy atom. The van der Waals surface area contributed by atoms with E-state index < -0.39 is 6.04 Å². The Hall–Kier alpha value is -3.48. The van der Waals surface area contributed by atoms with Gasteiger partial charge in [-0.05, 0) is 31.0 Å². The number of urea groups is 1. The molecule has 30 heavy (non-hydrogen) atoms. The molecule has 2 aromatic carbocycles. The molecule has 1 N–H and O–H groups in total. The highest BCUT2D eigenvalue weighted by atomic mass is 19.1. The van der Waals surface area contributed by atoms with Crippen LogP contribution in [0.4, 0.5) is 9.18 Å². The summed E-state index contributed by atoms with van der Waals surface area (Å²) in [7, 11) is 0. The molecular formula is C23H23FN4O2. The van der Waals surface area contributed by atoms with Crippen molar-refractivity contribution in [3.63, 3.8) is 0 Å². The first-order chi connectivity index (χ1) is 14.6. The number of aromatic nitrogens is 2. The van der Waals surface area contributed by atoms with E-state index >= 15 is 0 Å². The zero-order valence-corrected chi connectivity index (χ0v) is 16.9. The maximum Gasteiger partial charge on any atom is 0.322 e. The molecule has 154 valence electrons. The molecule has 7 heteroatoms. The van der Waals surface area contributed by atoms with Crippen molar-refractivity contribution in [2.75, 3.05) is 6.54 Å². The molecule has 2 amide bonds. The molecule has 1 aliphatic heterocycles. The van der Waals surface area contributed by atoms with Gasteiger partial charge in [-0.25, -0.2) is 9.18 Å². The van der Waals surface area contributed by atoms with Crippen molar-refractivity contribution >= 4 is 11.6 Å². The van der Waals surface area contributed by atoms with Crippen LogP contribution in [0.15, 0.2) is 64.8 Å². The number of carbonyl (C=O) groups excluding carboxylic acids is 1. The van der Waals surface area contributed by atoms with E-state index in [1.807, 2.05) is 37.3 Å². The third-order valence-electron chi connectivity index (χ3n) is 5.20. The van der Waals surface area contributed by atoms with Gasteiger partial charge in [-0.2, -0.15) is 4.98 Å². The van der Waals surface area contributed by atoms with Crippen LogP contribution in [0.5, 0.6) is 0 Å². The van der Waals surface area contributed by atoms with Crippen molar-refractivity contribution in [1.29, 1.82) is 0 Å². The van der Waals surface area contributed by atoms with E-state index in [0.29, 0.717) is 23.8 Å². The molecule has 0 spiro atoms. The van der Waals surface area contributed by atoms with Gasteiger partial charge in [-0.1, -0.05) is 61.0 Å². The zero-order chi connectivity index (χ0) is 21.1. The fraction of sp³-hybridized carbons (Fsp3) is 0.261. The molecule has 1 unspecified atom stereocenters. The van der Waals surface area contributed by atoms with Gasteiger partial charge in [0.1, 0.15) is 5.82 Å². The molecule has 3 aromatic rings. The molecule has 1 aliphatic rings. The Kier molecular flexibility index (Phi) is 5.61. The number of amides is 2. The second-order valence-corrected chi connectivity index (χ2v) is 7.23. The maximum atomic E-state index is 13.6. The highest BCUT2D eigenvalue weighted by Gasteiger charge is 2.35. The van der Waals surface area contributed by atoms with E-state index in [2.05, 4.69) is 22.4 Å². The summed E-state index contributed by atoms with van der Waals surface area (Å²) in [6, 6.07) is 15.1. The van der Waals surface area contributed by atoms with E-state index in [-0.39, 0.29) is 11.8 Å². The summed E-state index contributed by atoms with van der Waals surface area (Å²) in [4.78, 5) is 19.1. The number of carbonyl (C=O) groups is 1. The van der Waals surface area contributed by atoms with Crippen LogP contribution in [-0.2, 0) is 0 Å². The number of allylic oxidation sites excluding steroid dienone is 1. The lowest BCUT2D eigenvalue weighted by Gasteiger charge is -2.35. The van der Waals surface area contributed by atoms with Gasteiger partial charge in [0.2, 0.25) is 5.82 Å². The number of unbranched alkanes of at least 4 members (excludes halogenated alkanes) is 1. The monoisotopic (exact) mass is 406 g/mol. The van der Waals surface area contributed by atoms with Gasteiger partial charge in [0.15, 0.2) is 0 Å². The normalized spacial score (nSPS) is 16.7.